The highest BCUT2D eigenvalue weighted by Crippen LogP contribution is 2.40. The van der Waals surface area contributed by atoms with E-state index in [2.05, 4.69) is 0 Å². The number of nitrogen functional groups attached to an aromatic ring is 1. The van der Waals surface area contributed by atoms with Crippen molar-refractivity contribution in [2.24, 2.45) is 0 Å². The van der Waals surface area contributed by atoms with Crippen molar-refractivity contribution in [1.82, 2.24) is 0 Å². The number of benzene rings is 1. The van der Waals surface area contributed by atoms with E-state index in [0.29, 0.717) is 17.2 Å². The van der Waals surface area contributed by atoms with Crippen LogP contribution in [-0.2, 0) is 14.3 Å². The number of hydrogen-bond acceptors (Lipinski definition) is 5. The van der Waals surface area contributed by atoms with Gasteiger partial charge in [-0.1, -0.05) is 25.1 Å². The summed E-state index contributed by atoms with van der Waals surface area (Å²) in [5.41, 5.74) is 6.68. The zero-order chi connectivity index (χ0) is 15.4. The molecule has 0 spiro atoms. The van der Waals surface area contributed by atoms with Gasteiger partial charge in [0.05, 0.1) is 12.3 Å². The molecule has 1 heterocycles. The molecule has 112 valence electrons. The molecule has 0 aliphatic rings. The quantitative estimate of drug-likeness (QED) is 0.696. The number of hydrogen-bond donors (Lipinski definition) is 1. The molecule has 6 heteroatoms. The van der Waals surface area contributed by atoms with Crippen molar-refractivity contribution in [3.05, 3.63) is 24.3 Å². The molecular weight excluding hydrogens is 288 g/mol. The number of nitrogens with zero attached hydrogens (tertiary/aromatic N) is 1. The number of nitrogens with two attached hydrogens (primary N) is 1. The van der Waals surface area contributed by atoms with Gasteiger partial charge in [-0.2, -0.15) is 0 Å². The van der Waals surface area contributed by atoms with E-state index in [0.717, 1.165) is 16.5 Å². The molecule has 0 aliphatic carbocycles. The van der Waals surface area contributed by atoms with Crippen molar-refractivity contribution < 1.29 is 14.3 Å². The summed E-state index contributed by atoms with van der Waals surface area (Å²) in [6.07, 6.45) is 0.717. The Hall–Kier alpha value is -2.08. The van der Waals surface area contributed by atoms with Crippen LogP contribution in [0.15, 0.2) is 24.3 Å². The molecule has 21 heavy (non-hydrogen) atoms. The van der Waals surface area contributed by atoms with Crippen molar-refractivity contribution in [2.45, 2.75) is 20.3 Å². The van der Waals surface area contributed by atoms with Crippen molar-refractivity contribution in [3.63, 3.8) is 0 Å². The highest BCUT2D eigenvalue weighted by molar-refractivity contribution is 7.23. The second kappa shape index (κ2) is 6.58. The molecule has 1 aromatic heterocycles. The molecule has 2 rings (SSSR count). The zero-order valence-electron chi connectivity index (χ0n) is 12.1. The Labute approximate surface area is 127 Å². The Morgan fingerprint density at radius 2 is 2.00 bits per heavy atom. The topological polar surface area (TPSA) is 72.6 Å². The first kappa shape index (κ1) is 15.3. The number of carbonyl (C=O) groups excluding carboxylic acids is 2. The number of esters is 1. The van der Waals surface area contributed by atoms with Crippen molar-refractivity contribution in [1.29, 1.82) is 0 Å². The minimum Gasteiger partial charge on any atom is -0.459 e. The summed E-state index contributed by atoms with van der Waals surface area (Å²) >= 11 is 1.41. The third-order valence-electron chi connectivity index (χ3n) is 3.01. The maximum Gasteiger partial charge on any atom is 0.397 e. The van der Waals surface area contributed by atoms with Crippen LogP contribution in [0.2, 0.25) is 0 Å². The van der Waals surface area contributed by atoms with Gasteiger partial charge in [0.25, 0.3) is 0 Å². The van der Waals surface area contributed by atoms with Gasteiger partial charge in [0.1, 0.15) is 5.00 Å². The largest absolute Gasteiger partial charge is 0.459 e. The molecule has 0 saturated carbocycles. The van der Waals surface area contributed by atoms with Gasteiger partial charge in [0.2, 0.25) is 0 Å². The van der Waals surface area contributed by atoms with Gasteiger partial charge in [-0.3, -0.25) is 9.69 Å². The molecule has 0 saturated heterocycles. The number of anilines is 2. The maximum atomic E-state index is 12.3. The van der Waals surface area contributed by atoms with E-state index in [-0.39, 0.29) is 6.61 Å². The Balaban J connectivity index is 2.47. The lowest BCUT2D eigenvalue weighted by Gasteiger charge is -2.21. The molecule has 1 aromatic carbocycles. The van der Waals surface area contributed by atoms with Crippen LogP contribution in [0.25, 0.3) is 10.1 Å². The highest BCUT2D eigenvalue weighted by atomic mass is 32.1. The molecule has 2 N–H and O–H groups in total. The second-order valence-corrected chi connectivity index (χ2v) is 5.57. The third kappa shape index (κ3) is 3.00. The number of ether oxygens (including phenoxy) is 1. The fraction of sp³-hybridized carbons (Fsp3) is 0.333. The van der Waals surface area contributed by atoms with Crippen LogP contribution < -0.4 is 10.6 Å². The predicted octanol–water partition coefficient (Wildman–Crippen LogP) is 2.79. The van der Waals surface area contributed by atoms with E-state index in [1.807, 2.05) is 31.2 Å². The Morgan fingerprint density at radius 3 is 2.67 bits per heavy atom. The molecule has 0 unspecified atom stereocenters. The van der Waals surface area contributed by atoms with Crippen LogP contribution in [-0.4, -0.2) is 25.0 Å². The lowest BCUT2D eigenvalue weighted by Crippen LogP contribution is -2.38. The first-order valence-corrected chi connectivity index (χ1v) is 7.67. The second-order valence-electron chi connectivity index (χ2n) is 4.49. The maximum absolute atomic E-state index is 12.3. The normalized spacial score (nSPS) is 10.6. The van der Waals surface area contributed by atoms with E-state index >= 15 is 0 Å². The zero-order valence-corrected chi connectivity index (χ0v) is 12.9. The predicted molar refractivity (Wildman–Crippen MR) is 85.5 cm³/mol. The van der Waals surface area contributed by atoms with Gasteiger partial charge >= 0.3 is 11.9 Å². The summed E-state index contributed by atoms with van der Waals surface area (Å²) in [4.78, 5) is 25.5. The Bertz CT molecular complexity index is 666. The van der Waals surface area contributed by atoms with Crippen molar-refractivity contribution in [2.75, 3.05) is 23.8 Å². The minimum absolute atomic E-state index is 0.171. The molecule has 1 amide bonds. The fourth-order valence-corrected chi connectivity index (χ4v) is 3.15. The molecule has 0 radical (unpaired) electrons. The van der Waals surface area contributed by atoms with Crippen LogP contribution in [0.5, 0.6) is 0 Å². The Morgan fingerprint density at radius 1 is 1.29 bits per heavy atom. The summed E-state index contributed by atoms with van der Waals surface area (Å²) in [6.45, 7) is 4.20. The summed E-state index contributed by atoms with van der Waals surface area (Å²) in [6, 6.07) is 7.65. The standard InChI is InChI=1S/C15H18N2O3S/c1-3-9-17(14(18)15(19)20-4-2)12-10-7-5-6-8-11(10)21-13(12)16/h5-8H,3-4,9,16H2,1-2H3. The van der Waals surface area contributed by atoms with Crippen LogP contribution >= 0.6 is 11.3 Å². The van der Waals surface area contributed by atoms with Gasteiger partial charge in [0, 0.05) is 16.6 Å². The third-order valence-corrected chi connectivity index (χ3v) is 4.00. The molecule has 0 bridgehead atoms. The van der Waals surface area contributed by atoms with Crippen LogP contribution in [0.4, 0.5) is 10.7 Å². The van der Waals surface area contributed by atoms with Gasteiger partial charge in [-0.05, 0) is 19.4 Å². The van der Waals surface area contributed by atoms with Crippen LogP contribution in [0, 0.1) is 0 Å². The summed E-state index contributed by atoms with van der Waals surface area (Å²) in [5.74, 6) is -1.52. The number of carbonyl (C=O) groups is 2. The number of amides is 1. The van der Waals surface area contributed by atoms with Crippen LogP contribution in [0.3, 0.4) is 0 Å². The smallest absolute Gasteiger partial charge is 0.397 e. The van der Waals surface area contributed by atoms with E-state index in [9.17, 15) is 9.59 Å². The van der Waals surface area contributed by atoms with Crippen molar-refractivity contribution in [3.8, 4) is 0 Å². The van der Waals surface area contributed by atoms with Gasteiger partial charge in [0.15, 0.2) is 0 Å². The average molecular weight is 306 g/mol. The fourth-order valence-electron chi connectivity index (χ4n) is 2.17. The number of fused-ring (bicyclic) bond motifs is 1. The van der Waals surface area contributed by atoms with Crippen molar-refractivity contribution >= 4 is 44.0 Å². The summed E-state index contributed by atoms with van der Waals surface area (Å²) in [7, 11) is 0. The SMILES string of the molecule is CCCN(C(=O)C(=O)OCC)c1c(N)sc2ccccc12. The van der Waals surface area contributed by atoms with Crippen LogP contribution in [0.1, 0.15) is 20.3 Å². The van der Waals surface area contributed by atoms with E-state index in [1.54, 1.807) is 6.92 Å². The van der Waals surface area contributed by atoms with E-state index in [1.165, 1.54) is 16.2 Å². The van der Waals surface area contributed by atoms with Gasteiger partial charge in [-0.25, -0.2) is 4.79 Å². The lowest BCUT2D eigenvalue weighted by atomic mass is 10.2. The minimum atomic E-state index is -0.847. The molecular formula is C15H18N2O3S. The molecule has 0 fully saturated rings. The average Bonchev–Trinajstić information content (AvgIpc) is 2.80. The van der Waals surface area contributed by atoms with Gasteiger partial charge in [-0.15, -0.1) is 11.3 Å². The molecule has 0 atom stereocenters. The first-order valence-electron chi connectivity index (χ1n) is 6.85. The monoisotopic (exact) mass is 306 g/mol. The molecule has 2 aromatic rings. The molecule has 0 aliphatic heterocycles. The lowest BCUT2D eigenvalue weighted by molar-refractivity contribution is -0.153. The molecule has 5 nitrogen and oxygen atoms in total. The highest BCUT2D eigenvalue weighted by Gasteiger charge is 2.27. The van der Waals surface area contributed by atoms with E-state index < -0.39 is 11.9 Å². The number of thiophene rings is 1. The van der Waals surface area contributed by atoms with E-state index in [4.69, 9.17) is 10.5 Å². The van der Waals surface area contributed by atoms with Gasteiger partial charge < -0.3 is 10.5 Å². The first-order chi connectivity index (χ1) is 10.1. The number of rotatable bonds is 4. The Kier molecular flexibility index (Phi) is 4.80. The summed E-state index contributed by atoms with van der Waals surface area (Å²) < 4.78 is 5.80. The summed E-state index contributed by atoms with van der Waals surface area (Å²) in [5, 5.41) is 1.41.